The molecule has 4 rings (SSSR count). The van der Waals surface area contributed by atoms with Crippen LogP contribution in [0, 0.1) is 18.6 Å². The van der Waals surface area contributed by atoms with Crippen LogP contribution in [0.25, 0.3) is 11.0 Å². The Kier molecular flexibility index (Phi) is 6.39. The van der Waals surface area contributed by atoms with E-state index in [0.29, 0.717) is 31.1 Å². The van der Waals surface area contributed by atoms with Crippen molar-refractivity contribution in [3.63, 3.8) is 0 Å². The van der Waals surface area contributed by atoms with Crippen LogP contribution in [0.5, 0.6) is 0 Å². The standard InChI is InChI=1S/C24H26F2N2O4S/c1-15(2)18-13-19-17(12-23(29)32-22(19)11-16(18)3)14-27-7-9-28(10-8-27)33(30,31)24-20(25)5-4-6-21(24)26/h4-6,11-13,15H,7-10,14H2,1-3H3. The summed E-state index contributed by atoms with van der Waals surface area (Å²) < 4.78 is 60.3. The number of nitrogens with zero attached hydrogens (tertiary/aromatic N) is 2. The second-order valence-electron chi connectivity index (χ2n) is 8.68. The minimum absolute atomic E-state index is 0.0891. The Morgan fingerprint density at radius 3 is 2.27 bits per heavy atom. The molecule has 1 saturated heterocycles. The summed E-state index contributed by atoms with van der Waals surface area (Å²) in [5, 5.41) is 0.854. The molecule has 0 bridgehead atoms. The molecule has 0 amide bonds. The summed E-state index contributed by atoms with van der Waals surface area (Å²) in [6.45, 7) is 7.53. The highest BCUT2D eigenvalue weighted by Crippen LogP contribution is 2.28. The molecule has 1 fully saturated rings. The van der Waals surface area contributed by atoms with Crippen molar-refractivity contribution in [2.75, 3.05) is 26.2 Å². The third-order valence-electron chi connectivity index (χ3n) is 6.08. The predicted octanol–water partition coefficient (Wildman–Crippen LogP) is 4.01. The summed E-state index contributed by atoms with van der Waals surface area (Å²) in [4.78, 5) is 13.2. The molecule has 0 N–H and O–H groups in total. The first kappa shape index (κ1) is 23.5. The number of piperazine rings is 1. The summed E-state index contributed by atoms with van der Waals surface area (Å²) in [5.41, 5.74) is 3.11. The fraction of sp³-hybridized carbons (Fsp3) is 0.375. The van der Waals surface area contributed by atoms with Crippen LogP contribution in [-0.4, -0.2) is 43.8 Å². The number of sulfonamides is 1. The van der Waals surface area contributed by atoms with E-state index in [4.69, 9.17) is 4.42 Å². The molecule has 6 nitrogen and oxygen atoms in total. The number of hydrogen-bond acceptors (Lipinski definition) is 5. The maximum Gasteiger partial charge on any atom is 0.336 e. The van der Waals surface area contributed by atoms with Gasteiger partial charge in [-0.1, -0.05) is 19.9 Å². The molecular weight excluding hydrogens is 450 g/mol. The van der Waals surface area contributed by atoms with Crippen LogP contribution in [0.2, 0.25) is 0 Å². The first-order valence-corrected chi connectivity index (χ1v) is 12.3. The Morgan fingerprint density at radius 1 is 1.03 bits per heavy atom. The van der Waals surface area contributed by atoms with Gasteiger partial charge in [0, 0.05) is 44.2 Å². The number of halogens is 2. The number of rotatable bonds is 5. The molecule has 1 aliphatic heterocycles. The van der Waals surface area contributed by atoms with E-state index in [1.807, 2.05) is 17.9 Å². The van der Waals surface area contributed by atoms with Crippen LogP contribution >= 0.6 is 0 Å². The maximum atomic E-state index is 14.1. The summed E-state index contributed by atoms with van der Waals surface area (Å²) in [7, 11) is -4.29. The molecule has 2 heterocycles. The molecule has 0 atom stereocenters. The van der Waals surface area contributed by atoms with Crippen LogP contribution in [0.3, 0.4) is 0 Å². The Balaban J connectivity index is 1.56. The van der Waals surface area contributed by atoms with Gasteiger partial charge in [-0.2, -0.15) is 4.31 Å². The maximum absolute atomic E-state index is 14.1. The average Bonchev–Trinajstić information content (AvgIpc) is 2.73. The van der Waals surface area contributed by atoms with Crippen LogP contribution in [0.15, 0.2) is 50.5 Å². The molecule has 0 unspecified atom stereocenters. The first-order valence-electron chi connectivity index (χ1n) is 10.8. The normalized spacial score (nSPS) is 16.1. The number of benzene rings is 2. The van der Waals surface area contributed by atoms with Gasteiger partial charge < -0.3 is 4.42 Å². The van der Waals surface area contributed by atoms with E-state index in [1.54, 1.807) is 0 Å². The van der Waals surface area contributed by atoms with Gasteiger partial charge >= 0.3 is 5.63 Å². The minimum atomic E-state index is -4.29. The lowest BCUT2D eigenvalue weighted by atomic mass is 9.95. The van der Waals surface area contributed by atoms with E-state index in [9.17, 15) is 22.0 Å². The Morgan fingerprint density at radius 2 is 1.67 bits per heavy atom. The third kappa shape index (κ3) is 4.58. The highest BCUT2D eigenvalue weighted by Gasteiger charge is 2.33. The SMILES string of the molecule is Cc1cc2oc(=O)cc(CN3CCN(S(=O)(=O)c4c(F)cccc4F)CC3)c2cc1C(C)C. The molecule has 1 aliphatic rings. The van der Waals surface area contributed by atoms with Crippen molar-refractivity contribution in [1.29, 1.82) is 0 Å². The van der Waals surface area contributed by atoms with E-state index in [0.717, 1.165) is 39.0 Å². The highest BCUT2D eigenvalue weighted by molar-refractivity contribution is 7.89. The van der Waals surface area contributed by atoms with Crippen molar-refractivity contribution in [1.82, 2.24) is 9.21 Å². The van der Waals surface area contributed by atoms with Crippen molar-refractivity contribution >= 4 is 21.0 Å². The summed E-state index contributed by atoms with van der Waals surface area (Å²) in [6.07, 6.45) is 0. The van der Waals surface area contributed by atoms with Crippen molar-refractivity contribution < 1.29 is 21.6 Å². The second kappa shape index (κ2) is 8.96. The zero-order valence-electron chi connectivity index (χ0n) is 18.8. The fourth-order valence-electron chi connectivity index (χ4n) is 4.37. The van der Waals surface area contributed by atoms with Crippen LogP contribution < -0.4 is 5.63 Å². The predicted molar refractivity (Wildman–Crippen MR) is 122 cm³/mol. The summed E-state index contributed by atoms with van der Waals surface area (Å²) >= 11 is 0. The zero-order chi connectivity index (χ0) is 23.9. The van der Waals surface area contributed by atoms with E-state index in [2.05, 4.69) is 19.9 Å². The van der Waals surface area contributed by atoms with E-state index < -0.39 is 32.2 Å². The van der Waals surface area contributed by atoms with Gasteiger partial charge in [-0.05, 0) is 53.8 Å². The van der Waals surface area contributed by atoms with Crippen LogP contribution in [0.1, 0.15) is 36.5 Å². The minimum Gasteiger partial charge on any atom is -0.423 e. The molecule has 33 heavy (non-hydrogen) atoms. The van der Waals surface area contributed by atoms with Gasteiger partial charge in [-0.25, -0.2) is 22.0 Å². The highest BCUT2D eigenvalue weighted by atomic mass is 32.2. The van der Waals surface area contributed by atoms with E-state index >= 15 is 0 Å². The lowest BCUT2D eigenvalue weighted by Gasteiger charge is -2.34. The molecule has 2 aromatic carbocycles. The Hall–Kier alpha value is -2.62. The molecule has 0 aliphatic carbocycles. The topological polar surface area (TPSA) is 70.8 Å². The second-order valence-corrected chi connectivity index (χ2v) is 10.6. The molecule has 0 spiro atoms. The lowest BCUT2D eigenvalue weighted by molar-refractivity contribution is 0.181. The van der Waals surface area contributed by atoms with Crippen molar-refractivity contribution in [3.8, 4) is 0 Å². The van der Waals surface area contributed by atoms with Crippen molar-refractivity contribution in [3.05, 3.63) is 75.1 Å². The summed E-state index contributed by atoms with van der Waals surface area (Å²) in [5.74, 6) is -1.89. The monoisotopic (exact) mass is 476 g/mol. The van der Waals surface area contributed by atoms with Crippen molar-refractivity contribution in [2.24, 2.45) is 0 Å². The number of aryl methyl sites for hydroxylation is 1. The van der Waals surface area contributed by atoms with Gasteiger partial charge in [-0.15, -0.1) is 0 Å². The molecular formula is C24H26F2N2O4S. The Bertz CT molecular complexity index is 1340. The van der Waals surface area contributed by atoms with Gasteiger partial charge in [0.05, 0.1) is 0 Å². The first-order chi connectivity index (χ1) is 15.6. The van der Waals surface area contributed by atoms with Gasteiger partial charge in [0.25, 0.3) is 0 Å². The quantitative estimate of drug-likeness (QED) is 0.521. The average molecular weight is 477 g/mol. The molecule has 9 heteroatoms. The van der Waals surface area contributed by atoms with Crippen LogP contribution in [0.4, 0.5) is 8.78 Å². The molecule has 0 saturated carbocycles. The van der Waals surface area contributed by atoms with Gasteiger partial charge in [0.2, 0.25) is 10.0 Å². The smallest absolute Gasteiger partial charge is 0.336 e. The number of hydrogen-bond donors (Lipinski definition) is 0. The third-order valence-corrected chi connectivity index (χ3v) is 8.03. The van der Waals surface area contributed by atoms with Gasteiger partial charge in [0.15, 0.2) is 4.90 Å². The molecule has 1 aromatic heterocycles. The summed E-state index contributed by atoms with van der Waals surface area (Å²) in [6, 6.07) is 8.41. The van der Waals surface area contributed by atoms with Crippen LogP contribution in [-0.2, 0) is 16.6 Å². The fourth-order valence-corrected chi connectivity index (χ4v) is 5.90. The van der Waals surface area contributed by atoms with Gasteiger partial charge in [-0.3, -0.25) is 4.90 Å². The van der Waals surface area contributed by atoms with Gasteiger partial charge in [0.1, 0.15) is 17.2 Å². The largest absolute Gasteiger partial charge is 0.423 e. The number of fused-ring (bicyclic) bond motifs is 1. The lowest BCUT2D eigenvalue weighted by Crippen LogP contribution is -2.48. The Labute approximate surface area is 191 Å². The molecule has 0 radical (unpaired) electrons. The zero-order valence-corrected chi connectivity index (χ0v) is 19.6. The van der Waals surface area contributed by atoms with E-state index in [-0.39, 0.29) is 13.1 Å². The molecule has 176 valence electrons. The molecule has 3 aromatic rings. The van der Waals surface area contributed by atoms with E-state index in [1.165, 1.54) is 11.6 Å². The van der Waals surface area contributed by atoms with Crippen molar-refractivity contribution in [2.45, 2.75) is 38.1 Å².